The molecule has 8 heteroatoms. The van der Waals surface area contributed by atoms with Crippen LogP contribution in [0.4, 0.5) is 5.69 Å². The van der Waals surface area contributed by atoms with Crippen LogP contribution in [0.15, 0.2) is 59.4 Å². The molecule has 0 atom stereocenters. The van der Waals surface area contributed by atoms with Crippen LogP contribution in [0.25, 0.3) is 20.7 Å². The number of halogens is 1. The van der Waals surface area contributed by atoms with E-state index >= 15 is 0 Å². The van der Waals surface area contributed by atoms with Crippen LogP contribution in [0.3, 0.4) is 0 Å². The van der Waals surface area contributed by atoms with Crippen molar-refractivity contribution in [2.24, 2.45) is 0 Å². The van der Waals surface area contributed by atoms with E-state index < -0.39 is 0 Å². The zero-order valence-electron chi connectivity index (χ0n) is 17.7. The molecule has 1 fully saturated rings. The summed E-state index contributed by atoms with van der Waals surface area (Å²) < 4.78 is 5.89. The Labute approximate surface area is 195 Å². The maximum absolute atomic E-state index is 12.7. The Morgan fingerprint density at radius 3 is 2.56 bits per heavy atom. The second kappa shape index (κ2) is 8.94. The summed E-state index contributed by atoms with van der Waals surface area (Å²) in [6, 6.07) is 17.8. The Kier molecular flexibility index (Phi) is 5.87. The molecule has 0 amide bonds. The molecule has 1 aliphatic rings. The van der Waals surface area contributed by atoms with E-state index in [4.69, 9.17) is 21.3 Å². The molecular weight excluding hydrogens is 444 g/mol. The highest BCUT2D eigenvalue weighted by Crippen LogP contribution is 2.32. The number of H-pyrrole nitrogens is 1. The molecule has 3 heterocycles. The van der Waals surface area contributed by atoms with Gasteiger partial charge in [-0.05, 0) is 48.0 Å². The first-order chi connectivity index (χ1) is 15.6. The Morgan fingerprint density at radius 2 is 1.84 bits per heavy atom. The number of fused-ring (bicyclic) bond motifs is 1. The molecule has 0 unspecified atom stereocenters. The van der Waals surface area contributed by atoms with Gasteiger partial charge in [-0.3, -0.25) is 9.69 Å². The fraction of sp³-hybridized carbons (Fsp3) is 0.250. The van der Waals surface area contributed by atoms with Crippen LogP contribution in [-0.4, -0.2) is 48.2 Å². The quantitative estimate of drug-likeness (QED) is 0.464. The molecule has 164 valence electrons. The van der Waals surface area contributed by atoms with Crippen LogP contribution in [0.2, 0.25) is 5.02 Å². The first-order valence-corrected chi connectivity index (χ1v) is 11.7. The molecule has 0 aliphatic carbocycles. The van der Waals surface area contributed by atoms with Gasteiger partial charge >= 0.3 is 0 Å². The van der Waals surface area contributed by atoms with E-state index in [9.17, 15) is 4.79 Å². The maximum Gasteiger partial charge on any atom is 0.268 e. The molecule has 0 bridgehead atoms. The second-order valence-corrected chi connectivity index (χ2v) is 9.24. The van der Waals surface area contributed by atoms with Crippen molar-refractivity contribution in [2.45, 2.75) is 6.54 Å². The predicted octanol–water partition coefficient (Wildman–Crippen LogP) is 4.64. The predicted molar refractivity (Wildman–Crippen MR) is 131 cm³/mol. The van der Waals surface area contributed by atoms with E-state index in [2.05, 4.69) is 20.9 Å². The molecule has 0 saturated carbocycles. The number of rotatable bonds is 5. The van der Waals surface area contributed by atoms with Crippen molar-refractivity contribution in [1.29, 1.82) is 0 Å². The second-order valence-electron chi connectivity index (χ2n) is 7.78. The minimum absolute atomic E-state index is 0.0792. The maximum atomic E-state index is 12.7. The highest BCUT2D eigenvalue weighted by Gasteiger charge is 2.20. The fourth-order valence-electron chi connectivity index (χ4n) is 4.03. The molecule has 5 rings (SSSR count). The summed E-state index contributed by atoms with van der Waals surface area (Å²) >= 11 is 7.81. The largest absolute Gasteiger partial charge is 0.497 e. The molecule has 0 radical (unpaired) electrons. The summed E-state index contributed by atoms with van der Waals surface area (Å²) in [5, 5.41) is 0.780. The summed E-state index contributed by atoms with van der Waals surface area (Å²) in [5.74, 6) is 1.51. The van der Waals surface area contributed by atoms with E-state index in [0.29, 0.717) is 17.1 Å². The van der Waals surface area contributed by atoms with E-state index in [1.807, 2.05) is 48.5 Å². The lowest BCUT2D eigenvalue weighted by atomic mass is 10.2. The molecule has 1 N–H and O–H groups in total. The molecule has 32 heavy (non-hydrogen) atoms. The van der Waals surface area contributed by atoms with Crippen molar-refractivity contribution in [3.63, 3.8) is 0 Å². The Balaban J connectivity index is 1.31. The van der Waals surface area contributed by atoms with E-state index in [-0.39, 0.29) is 5.56 Å². The Morgan fingerprint density at radius 1 is 1.09 bits per heavy atom. The van der Waals surface area contributed by atoms with Crippen LogP contribution in [-0.2, 0) is 6.54 Å². The lowest BCUT2D eigenvalue weighted by Gasteiger charge is -2.36. The Hall–Kier alpha value is -2.87. The standard InChI is InChI=1S/C24H23ClN4O2S/c1-31-17-8-6-16(7-9-17)21-14-19-23(32-21)24(30)27-22(26-19)15-28-10-12-29(13-11-28)20-5-3-2-4-18(20)25/h2-9,14H,10-13,15H2,1H3,(H,26,27,30). The van der Waals surface area contributed by atoms with Gasteiger partial charge in [-0.1, -0.05) is 23.7 Å². The van der Waals surface area contributed by atoms with E-state index in [0.717, 1.165) is 58.6 Å². The number of benzene rings is 2. The normalized spacial score (nSPS) is 14.8. The number of nitrogens with one attached hydrogen (secondary N) is 1. The van der Waals surface area contributed by atoms with Crippen molar-refractivity contribution in [1.82, 2.24) is 14.9 Å². The number of aromatic nitrogens is 2. The molecular formula is C24H23ClN4O2S. The van der Waals surface area contributed by atoms with Gasteiger partial charge in [0.1, 0.15) is 16.3 Å². The molecule has 4 aromatic rings. The van der Waals surface area contributed by atoms with Crippen molar-refractivity contribution in [3.05, 3.63) is 75.8 Å². The number of nitrogens with zero attached hydrogens (tertiary/aromatic N) is 3. The van der Waals surface area contributed by atoms with Crippen LogP contribution in [0.5, 0.6) is 5.75 Å². The van der Waals surface area contributed by atoms with Gasteiger partial charge in [0.15, 0.2) is 0 Å². The number of piperazine rings is 1. The van der Waals surface area contributed by atoms with Crippen molar-refractivity contribution in [3.8, 4) is 16.2 Å². The minimum Gasteiger partial charge on any atom is -0.497 e. The summed E-state index contributed by atoms with van der Waals surface area (Å²) in [7, 11) is 1.65. The van der Waals surface area contributed by atoms with Crippen molar-refractivity contribution in [2.75, 3.05) is 38.2 Å². The first-order valence-electron chi connectivity index (χ1n) is 10.5. The van der Waals surface area contributed by atoms with Gasteiger partial charge in [-0.2, -0.15) is 0 Å². The topological polar surface area (TPSA) is 61.5 Å². The number of anilines is 1. The van der Waals surface area contributed by atoms with Gasteiger partial charge < -0.3 is 14.6 Å². The number of ether oxygens (including phenoxy) is 1. The van der Waals surface area contributed by atoms with E-state index in [1.165, 1.54) is 11.3 Å². The number of hydrogen-bond acceptors (Lipinski definition) is 6. The summed E-state index contributed by atoms with van der Waals surface area (Å²) in [4.78, 5) is 26.1. The zero-order valence-corrected chi connectivity index (χ0v) is 19.2. The fourth-order valence-corrected chi connectivity index (χ4v) is 5.28. The molecule has 1 aliphatic heterocycles. The third-order valence-electron chi connectivity index (χ3n) is 5.75. The molecule has 2 aromatic carbocycles. The van der Waals surface area contributed by atoms with E-state index in [1.54, 1.807) is 7.11 Å². The highest BCUT2D eigenvalue weighted by molar-refractivity contribution is 7.22. The third kappa shape index (κ3) is 4.24. The van der Waals surface area contributed by atoms with Gasteiger partial charge in [0, 0.05) is 31.1 Å². The molecule has 6 nitrogen and oxygen atoms in total. The molecule has 2 aromatic heterocycles. The van der Waals surface area contributed by atoms with Crippen LogP contribution in [0.1, 0.15) is 5.82 Å². The van der Waals surface area contributed by atoms with Crippen LogP contribution in [0, 0.1) is 0 Å². The van der Waals surface area contributed by atoms with Crippen molar-refractivity contribution >= 4 is 38.8 Å². The number of methoxy groups -OCH3 is 1. The van der Waals surface area contributed by atoms with Gasteiger partial charge in [0.05, 0.1) is 29.9 Å². The molecule has 0 spiro atoms. The molecule has 1 saturated heterocycles. The number of hydrogen-bond donors (Lipinski definition) is 1. The SMILES string of the molecule is COc1ccc(-c2cc3nc(CN4CCN(c5ccccc5Cl)CC4)[nH]c(=O)c3s2)cc1. The Bertz CT molecular complexity index is 1290. The lowest BCUT2D eigenvalue weighted by Crippen LogP contribution is -2.46. The van der Waals surface area contributed by atoms with Gasteiger partial charge in [-0.25, -0.2) is 4.98 Å². The number of thiophene rings is 1. The van der Waals surface area contributed by atoms with Crippen LogP contribution >= 0.6 is 22.9 Å². The lowest BCUT2D eigenvalue weighted by molar-refractivity contribution is 0.244. The average Bonchev–Trinajstić information content (AvgIpc) is 3.25. The minimum atomic E-state index is -0.0792. The van der Waals surface area contributed by atoms with Crippen molar-refractivity contribution < 1.29 is 4.74 Å². The van der Waals surface area contributed by atoms with Gasteiger partial charge in [0.2, 0.25) is 0 Å². The van der Waals surface area contributed by atoms with Gasteiger partial charge in [-0.15, -0.1) is 11.3 Å². The summed E-state index contributed by atoms with van der Waals surface area (Å²) in [6.45, 7) is 4.16. The average molecular weight is 467 g/mol. The smallest absolute Gasteiger partial charge is 0.268 e. The van der Waals surface area contributed by atoms with Gasteiger partial charge in [0.25, 0.3) is 5.56 Å². The van der Waals surface area contributed by atoms with Crippen LogP contribution < -0.4 is 15.2 Å². The first kappa shape index (κ1) is 21.0. The number of aromatic amines is 1. The zero-order chi connectivity index (χ0) is 22.1. The summed E-state index contributed by atoms with van der Waals surface area (Å²) in [6.07, 6.45) is 0. The summed E-state index contributed by atoms with van der Waals surface area (Å²) in [5.41, 5.74) is 2.79. The highest BCUT2D eigenvalue weighted by atomic mass is 35.5. The third-order valence-corrected chi connectivity index (χ3v) is 7.24. The monoisotopic (exact) mass is 466 g/mol. The number of para-hydroxylation sites is 1.